The van der Waals surface area contributed by atoms with E-state index in [-0.39, 0.29) is 11.8 Å². The van der Waals surface area contributed by atoms with Gasteiger partial charge in [-0.1, -0.05) is 13.3 Å². The lowest BCUT2D eigenvalue weighted by molar-refractivity contribution is 0.0653. The van der Waals surface area contributed by atoms with Gasteiger partial charge >= 0.3 is 0 Å². The number of unbranched alkanes of at least 4 members (excludes halogenated alkanes) is 1. The molecule has 15 heavy (non-hydrogen) atoms. The SMILES string of the molecule is CCCCN1C(=O)c2cc(C)sc2C1=O. The zero-order valence-corrected chi connectivity index (χ0v) is 9.69. The van der Waals surface area contributed by atoms with Crippen LogP contribution in [0.4, 0.5) is 0 Å². The van der Waals surface area contributed by atoms with Gasteiger partial charge in [0, 0.05) is 11.4 Å². The summed E-state index contributed by atoms with van der Waals surface area (Å²) in [6.07, 6.45) is 1.87. The largest absolute Gasteiger partial charge is 0.274 e. The van der Waals surface area contributed by atoms with Crippen molar-refractivity contribution in [3.63, 3.8) is 0 Å². The van der Waals surface area contributed by atoms with Crippen molar-refractivity contribution in [3.05, 3.63) is 21.4 Å². The second kappa shape index (κ2) is 3.77. The predicted molar refractivity (Wildman–Crippen MR) is 59.3 cm³/mol. The molecular weight excluding hydrogens is 210 g/mol. The monoisotopic (exact) mass is 223 g/mol. The third-order valence-electron chi connectivity index (χ3n) is 2.51. The van der Waals surface area contributed by atoms with Gasteiger partial charge in [-0.25, -0.2) is 0 Å². The molecule has 3 nitrogen and oxygen atoms in total. The van der Waals surface area contributed by atoms with Crippen LogP contribution in [0.15, 0.2) is 6.07 Å². The zero-order valence-electron chi connectivity index (χ0n) is 8.87. The van der Waals surface area contributed by atoms with Crippen LogP contribution in [0.1, 0.15) is 44.7 Å². The topological polar surface area (TPSA) is 37.4 Å². The summed E-state index contributed by atoms with van der Waals surface area (Å²) in [5.74, 6) is -0.227. The summed E-state index contributed by atoms with van der Waals surface area (Å²) in [5, 5.41) is 0. The van der Waals surface area contributed by atoms with Crippen LogP contribution >= 0.6 is 11.3 Å². The van der Waals surface area contributed by atoms with Crippen LogP contribution in [0.5, 0.6) is 0 Å². The first kappa shape index (κ1) is 10.4. The molecule has 1 aliphatic heterocycles. The number of carbonyl (C=O) groups is 2. The molecule has 0 aliphatic carbocycles. The number of rotatable bonds is 3. The van der Waals surface area contributed by atoms with Crippen LogP contribution < -0.4 is 0 Å². The second-order valence-corrected chi connectivity index (χ2v) is 4.97. The third-order valence-corrected chi connectivity index (χ3v) is 3.54. The van der Waals surface area contributed by atoms with Crippen molar-refractivity contribution >= 4 is 23.2 Å². The van der Waals surface area contributed by atoms with Gasteiger partial charge in [-0.05, 0) is 19.4 Å². The van der Waals surface area contributed by atoms with Crippen molar-refractivity contribution in [1.82, 2.24) is 4.90 Å². The average Bonchev–Trinajstić information content (AvgIpc) is 2.67. The molecule has 0 atom stereocenters. The maximum absolute atomic E-state index is 11.8. The van der Waals surface area contributed by atoms with Gasteiger partial charge in [-0.15, -0.1) is 11.3 Å². The lowest BCUT2D eigenvalue weighted by atomic mass is 10.2. The molecule has 2 rings (SSSR count). The summed E-state index contributed by atoms with van der Waals surface area (Å²) >= 11 is 1.41. The highest BCUT2D eigenvalue weighted by Crippen LogP contribution is 2.30. The van der Waals surface area contributed by atoms with Crippen molar-refractivity contribution in [2.24, 2.45) is 0 Å². The van der Waals surface area contributed by atoms with E-state index < -0.39 is 0 Å². The van der Waals surface area contributed by atoms with E-state index in [9.17, 15) is 9.59 Å². The van der Waals surface area contributed by atoms with Crippen molar-refractivity contribution in [2.45, 2.75) is 26.7 Å². The molecule has 0 bridgehead atoms. The minimum absolute atomic E-state index is 0.110. The number of thiophene rings is 1. The number of nitrogens with zero attached hydrogens (tertiary/aromatic N) is 1. The summed E-state index contributed by atoms with van der Waals surface area (Å²) in [6.45, 7) is 4.51. The van der Waals surface area contributed by atoms with Crippen molar-refractivity contribution in [1.29, 1.82) is 0 Å². The minimum atomic E-state index is -0.118. The standard InChI is InChI=1S/C11H13NO2S/c1-3-4-5-12-10(13)8-6-7(2)15-9(8)11(12)14/h6H,3-5H2,1-2H3. The van der Waals surface area contributed by atoms with Crippen molar-refractivity contribution in [2.75, 3.05) is 6.54 Å². The molecule has 80 valence electrons. The van der Waals surface area contributed by atoms with Gasteiger partial charge in [-0.3, -0.25) is 14.5 Å². The Bertz CT molecular complexity index is 389. The van der Waals surface area contributed by atoms with Crippen LogP contribution in [0.25, 0.3) is 0 Å². The van der Waals surface area contributed by atoms with E-state index in [0.29, 0.717) is 17.0 Å². The van der Waals surface area contributed by atoms with E-state index >= 15 is 0 Å². The lowest BCUT2D eigenvalue weighted by Crippen LogP contribution is -2.30. The molecule has 2 heterocycles. The molecule has 1 aromatic heterocycles. The summed E-state index contributed by atoms with van der Waals surface area (Å²) in [4.78, 5) is 26.7. The molecule has 4 heteroatoms. The van der Waals surface area contributed by atoms with E-state index in [1.165, 1.54) is 16.2 Å². The van der Waals surface area contributed by atoms with E-state index in [1.54, 1.807) is 0 Å². The van der Waals surface area contributed by atoms with E-state index in [1.807, 2.05) is 19.9 Å². The maximum atomic E-state index is 11.8. The molecule has 0 unspecified atom stereocenters. The fourth-order valence-electron chi connectivity index (χ4n) is 1.71. The Morgan fingerprint density at radius 2 is 2.07 bits per heavy atom. The third kappa shape index (κ3) is 1.59. The summed E-state index contributed by atoms with van der Waals surface area (Å²) < 4.78 is 0. The Morgan fingerprint density at radius 1 is 1.33 bits per heavy atom. The first-order valence-corrected chi connectivity index (χ1v) is 5.93. The number of amides is 2. The smallest absolute Gasteiger partial charge is 0.271 e. The Labute approximate surface area is 92.7 Å². The average molecular weight is 223 g/mol. The Balaban J connectivity index is 2.26. The summed E-state index contributed by atoms with van der Waals surface area (Å²) in [6, 6.07) is 1.81. The fourth-order valence-corrected chi connectivity index (χ4v) is 2.66. The van der Waals surface area contributed by atoms with E-state index in [2.05, 4.69) is 0 Å². The Morgan fingerprint density at radius 3 is 2.67 bits per heavy atom. The molecule has 0 fully saturated rings. The number of carbonyl (C=O) groups excluding carboxylic acids is 2. The molecule has 0 saturated carbocycles. The molecule has 1 aliphatic rings. The highest BCUT2D eigenvalue weighted by Gasteiger charge is 2.36. The number of aryl methyl sites for hydroxylation is 1. The summed E-state index contributed by atoms with van der Waals surface area (Å²) in [5.41, 5.74) is 0.596. The summed E-state index contributed by atoms with van der Waals surface area (Å²) in [7, 11) is 0. The van der Waals surface area contributed by atoms with E-state index in [4.69, 9.17) is 0 Å². The number of imide groups is 1. The Hall–Kier alpha value is -1.16. The van der Waals surface area contributed by atoms with E-state index in [0.717, 1.165) is 17.7 Å². The van der Waals surface area contributed by atoms with Crippen LogP contribution in [-0.2, 0) is 0 Å². The fraction of sp³-hybridized carbons (Fsp3) is 0.455. The number of fused-ring (bicyclic) bond motifs is 1. The van der Waals surface area contributed by atoms with Gasteiger partial charge in [0.1, 0.15) is 4.88 Å². The molecule has 1 aromatic rings. The lowest BCUT2D eigenvalue weighted by Gasteiger charge is -2.12. The maximum Gasteiger partial charge on any atom is 0.271 e. The molecule has 0 aromatic carbocycles. The highest BCUT2D eigenvalue weighted by atomic mass is 32.1. The number of hydrogen-bond acceptors (Lipinski definition) is 3. The van der Waals surface area contributed by atoms with Gasteiger partial charge in [0.2, 0.25) is 0 Å². The first-order valence-electron chi connectivity index (χ1n) is 5.11. The minimum Gasteiger partial charge on any atom is -0.274 e. The quantitative estimate of drug-likeness (QED) is 0.738. The molecular formula is C11H13NO2S. The van der Waals surface area contributed by atoms with Gasteiger partial charge in [0.15, 0.2) is 0 Å². The normalized spacial score (nSPS) is 14.9. The molecule has 0 radical (unpaired) electrons. The molecule has 2 amide bonds. The van der Waals surface area contributed by atoms with Crippen molar-refractivity contribution in [3.8, 4) is 0 Å². The van der Waals surface area contributed by atoms with Gasteiger partial charge in [-0.2, -0.15) is 0 Å². The molecule has 0 N–H and O–H groups in total. The van der Waals surface area contributed by atoms with Gasteiger partial charge in [0.25, 0.3) is 11.8 Å². The number of hydrogen-bond donors (Lipinski definition) is 0. The van der Waals surface area contributed by atoms with Gasteiger partial charge in [0.05, 0.1) is 5.56 Å². The van der Waals surface area contributed by atoms with Gasteiger partial charge < -0.3 is 0 Å². The van der Waals surface area contributed by atoms with Crippen LogP contribution in [-0.4, -0.2) is 23.3 Å². The zero-order chi connectivity index (χ0) is 11.0. The van der Waals surface area contributed by atoms with Crippen molar-refractivity contribution < 1.29 is 9.59 Å². The predicted octanol–water partition coefficient (Wildman–Crippen LogP) is 2.45. The molecule has 0 saturated heterocycles. The second-order valence-electron chi connectivity index (χ2n) is 3.72. The first-order chi connectivity index (χ1) is 7.15. The Kier molecular flexibility index (Phi) is 2.61. The highest BCUT2D eigenvalue weighted by molar-refractivity contribution is 7.14. The van der Waals surface area contributed by atoms with Crippen LogP contribution in [0, 0.1) is 6.92 Å². The molecule has 0 spiro atoms. The van der Waals surface area contributed by atoms with Crippen LogP contribution in [0.2, 0.25) is 0 Å². The van der Waals surface area contributed by atoms with Crippen LogP contribution in [0.3, 0.4) is 0 Å².